The zero-order chi connectivity index (χ0) is 21.3. The van der Waals surface area contributed by atoms with Gasteiger partial charge < -0.3 is 9.47 Å². The lowest BCUT2D eigenvalue weighted by molar-refractivity contribution is -0.122. The van der Waals surface area contributed by atoms with E-state index in [9.17, 15) is 14.4 Å². The summed E-state index contributed by atoms with van der Waals surface area (Å²) in [6.07, 6.45) is 1.36. The minimum atomic E-state index is -0.795. The van der Waals surface area contributed by atoms with E-state index in [1.165, 1.54) is 26.4 Å². The molecule has 1 aliphatic rings. The van der Waals surface area contributed by atoms with E-state index in [0.717, 1.165) is 16.0 Å². The molecule has 0 aliphatic carbocycles. The summed E-state index contributed by atoms with van der Waals surface area (Å²) in [5.41, 5.74) is 2.26. The number of aryl methyl sites for hydroxylation is 2. The Labute approximate surface area is 172 Å². The number of halogens is 1. The summed E-state index contributed by atoms with van der Waals surface area (Å²) in [7, 11) is 2.90. The number of benzene rings is 2. The molecule has 0 spiro atoms. The number of barbiturate groups is 1. The molecule has 0 radical (unpaired) electrons. The van der Waals surface area contributed by atoms with E-state index in [1.807, 2.05) is 13.0 Å². The van der Waals surface area contributed by atoms with Gasteiger partial charge in [-0.1, -0.05) is 23.7 Å². The molecule has 0 atom stereocenters. The maximum atomic E-state index is 13.1. The van der Waals surface area contributed by atoms with Crippen LogP contribution in [0, 0.1) is 13.8 Å². The van der Waals surface area contributed by atoms with Crippen molar-refractivity contribution in [1.29, 1.82) is 0 Å². The minimum absolute atomic E-state index is 0.200. The second-order valence-electron chi connectivity index (χ2n) is 6.49. The first-order valence-electron chi connectivity index (χ1n) is 8.67. The average molecular weight is 415 g/mol. The van der Waals surface area contributed by atoms with Crippen LogP contribution in [0.25, 0.3) is 6.08 Å². The fourth-order valence-electron chi connectivity index (χ4n) is 3.02. The third-order valence-corrected chi connectivity index (χ3v) is 4.75. The van der Waals surface area contributed by atoms with Crippen molar-refractivity contribution in [1.82, 2.24) is 5.32 Å². The fourth-order valence-corrected chi connectivity index (χ4v) is 3.32. The van der Waals surface area contributed by atoms with E-state index in [4.69, 9.17) is 21.1 Å². The van der Waals surface area contributed by atoms with Gasteiger partial charge >= 0.3 is 6.03 Å². The number of carbonyl (C=O) groups excluding carboxylic acids is 3. The summed E-state index contributed by atoms with van der Waals surface area (Å²) in [6, 6.07) is 7.72. The van der Waals surface area contributed by atoms with Gasteiger partial charge in [0.15, 0.2) is 11.5 Å². The highest BCUT2D eigenvalue weighted by molar-refractivity contribution is 6.39. The number of ether oxygens (including phenoxy) is 2. The molecule has 4 amide bonds. The van der Waals surface area contributed by atoms with Crippen LogP contribution in [0.4, 0.5) is 10.5 Å². The fraction of sp³-hybridized carbons (Fsp3) is 0.190. The third-order valence-electron chi connectivity index (χ3n) is 4.47. The van der Waals surface area contributed by atoms with Crippen molar-refractivity contribution in [2.75, 3.05) is 19.1 Å². The van der Waals surface area contributed by atoms with Gasteiger partial charge in [-0.25, -0.2) is 9.69 Å². The number of carbonyl (C=O) groups is 3. The van der Waals surface area contributed by atoms with Gasteiger partial charge in [0.1, 0.15) is 5.57 Å². The molecule has 0 bridgehead atoms. The van der Waals surface area contributed by atoms with Crippen LogP contribution in [0.1, 0.15) is 16.7 Å². The van der Waals surface area contributed by atoms with Gasteiger partial charge in [0.2, 0.25) is 0 Å². The normalized spacial score (nSPS) is 15.6. The van der Waals surface area contributed by atoms with Crippen molar-refractivity contribution >= 4 is 41.2 Å². The van der Waals surface area contributed by atoms with Crippen LogP contribution >= 0.6 is 11.6 Å². The minimum Gasteiger partial charge on any atom is -0.493 e. The summed E-state index contributed by atoms with van der Waals surface area (Å²) in [6.45, 7) is 3.63. The smallest absolute Gasteiger partial charge is 0.335 e. The number of imide groups is 2. The molecule has 7 nitrogen and oxygen atoms in total. The van der Waals surface area contributed by atoms with Crippen molar-refractivity contribution in [2.24, 2.45) is 0 Å². The Morgan fingerprint density at radius 1 is 1.03 bits per heavy atom. The Morgan fingerprint density at radius 2 is 1.76 bits per heavy atom. The highest BCUT2D eigenvalue weighted by Crippen LogP contribution is 2.37. The topological polar surface area (TPSA) is 84.9 Å². The van der Waals surface area contributed by atoms with Gasteiger partial charge in [-0.3, -0.25) is 14.9 Å². The monoisotopic (exact) mass is 414 g/mol. The number of amides is 4. The largest absolute Gasteiger partial charge is 0.493 e. The predicted molar refractivity (Wildman–Crippen MR) is 109 cm³/mol. The number of anilines is 1. The maximum absolute atomic E-state index is 13.1. The number of rotatable bonds is 4. The molecule has 3 rings (SSSR count). The molecule has 1 fully saturated rings. The van der Waals surface area contributed by atoms with Gasteiger partial charge in [0.05, 0.1) is 24.9 Å². The second kappa shape index (κ2) is 7.97. The summed E-state index contributed by atoms with van der Waals surface area (Å²) in [5.74, 6) is -0.827. The highest BCUT2D eigenvalue weighted by Gasteiger charge is 2.37. The van der Waals surface area contributed by atoms with E-state index < -0.39 is 17.8 Å². The Bertz CT molecular complexity index is 1060. The Morgan fingerprint density at radius 3 is 2.41 bits per heavy atom. The van der Waals surface area contributed by atoms with Gasteiger partial charge in [0, 0.05) is 0 Å². The molecule has 1 N–H and O–H groups in total. The Kier molecular flexibility index (Phi) is 5.61. The summed E-state index contributed by atoms with van der Waals surface area (Å²) >= 11 is 6.21. The van der Waals surface area contributed by atoms with Crippen LogP contribution in [-0.4, -0.2) is 32.1 Å². The Hall–Kier alpha value is -3.32. The maximum Gasteiger partial charge on any atom is 0.335 e. The molecule has 1 heterocycles. The molecular formula is C21H19ClN2O5. The molecule has 8 heteroatoms. The van der Waals surface area contributed by atoms with Crippen LogP contribution in [0.15, 0.2) is 35.9 Å². The van der Waals surface area contributed by atoms with Crippen molar-refractivity contribution in [3.05, 3.63) is 57.6 Å². The zero-order valence-corrected chi connectivity index (χ0v) is 17.1. The first-order chi connectivity index (χ1) is 13.8. The van der Waals surface area contributed by atoms with Gasteiger partial charge in [-0.2, -0.15) is 0 Å². The lowest BCUT2D eigenvalue weighted by Gasteiger charge is -2.27. The number of hydrogen-bond donors (Lipinski definition) is 1. The number of methoxy groups -OCH3 is 2. The highest BCUT2D eigenvalue weighted by atomic mass is 35.5. The van der Waals surface area contributed by atoms with E-state index in [2.05, 4.69) is 5.32 Å². The van der Waals surface area contributed by atoms with Crippen molar-refractivity contribution < 1.29 is 23.9 Å². The van der Waals surface area contributed by atoms with Crippen LogP contribution in [0.3, 0.4) is 0 Å². The predicted octanol–water partition coefficient (Wildman–Crippen LogP) is 3.64. The second-order valence-corrected chi connectivity index (χ2v) is 6.89. The quantitative estimate of drug-likeness (QED) is 0.609. The molecule has 0 saturated carbocycles. The molecule has 1 saturated heterocycles. The number of nitrogens with one attached hydrogen (secondary N) is 1. The van der Waals surface area contributed by atoms with Crippen LogP contribution in [-0.2, 0) is 9.59 Å². The molecule has 2 aromatic carbocycles. The average Bonchev–Trinajstić information content (AvgIpc) is 2.67. The van der Waals surface area contributed by atoms with Gasteiger partial charge in [-0.15, -0.1) is 0 Å². The molecule has 29 heavy (non-hydrogen) atoms. The SMILES string of the molecule is COc1cc(/C=C2\C(=O)NC(=O)N(c3cc(C)ccc3C)C2=O)cc(Cl)c1OC. The van der Waals surface area contributed by atoms with Crippen molar-refractivity contribution in [3.8, 4) is 11.5 Å². The number of urea groups is 1. The molecular weight excluding hydrogens is 396 g/mol. The van der Waals surface area contributed by atoms with Crippen LogP contribution in [0.5, 0.6) is 11.5 Å². The van der Waals surface area contributed by atoms with E-state index in [0.29, 0.717) is 22.7 Å². The number of nitrogens with zero attached hydrogens (tertiary/aromatic N) is 1. The van der Waals surface area contributed by atoms with Crippen molar-refractivity contribution in [2.45, 2.75) is 13.8 Å². The molecule has 150 valence electrons. The summed E-state index contributed by atoms with van der Waals surface area (Å²) in [5, 5.41) is 2.47. The number of hydrogen-bond acceptors (Lipinski definition) is 5. The standard InChI is InChI=1S/C21H19ClN2O5/c1-11-5-6-12(2)16(7-11)24-20(26)14(19(25)23-21(24)27)8-13-9-15(22)18(29-4)17(10-13)28-3/h5-10H,1-4H3,(H,23,25,27)/b14-8+. The van der Waals surface area contributed by atoms with Crippen LogP contribution in [0.2, 0.25) is 5.02 Å². The zero-order valence-electron chi connectivity index (χ0n) is 16.3. The first-order valence-corrected chi connectivity index (χ1v) is 9.04. The molecule has 2 aromatic rings. The molecule has 1 aliphatic heterocycles. The molecule has 0 unspecified atom stereocenters. The Balaban J connectivity index is 2.09. The van der Waals surface area contributed by atoms with E-state index in [1.54, 1.807) is 25.1 Å². The third kappa shape index (κ3) is 3.82. The molecule has 0 aromatic heterocycles. The van der Waals surface area contributed by atoms with Gasteiger partial charge in [0.25, 0.3) is 11.8 Å². The lowest BCUT2D eigenvalue weighted by Crippen LogP contribution is -2.54. The van der Waals surface area contributed by atoms with E-state index in [-0.39, 0.29) is 10.6 Å². The first kappa shape index (κ1) is 20.4. The summed E-state index contributed by atoms with van der Waals surface area (Å²) < 4.78 is 10.4. The van der Waals surface area contributed by atoms with Crippen molar-refractivity contribution in [3.63, 3.8) is 0 Å². The lowest BCUT2D eigenvalue weighted by atomic mass is 10.0. The van der Waals surface area contributed by atoms with Gasteiger partial charge in [-0.05, 0) is 54.8 Å². The van der Waals surface area contributed by atoms with Crippen LogP contribution < -0.4 is 19.7 Å². The van der Waals surface area contributed by atoms with E-state index >= 15 is 0 Å². The summed E-state index contributed by atoms with van der Waals surface area (Å²) in [4.78, 5) is 38.8.